The van der Waals surface area contributed by atoms with E-state index in [1.165, 1.54) is 5.57 Å². The fourth-order valence-electron chi connectivity index (χ4n) is 3.41. The normalized spacial score (nSPS) is 31.7. The van der Waals surface area contributed by atoms with Gasteiger partial charge in [0, 0.05) is 21.8 Å². The van der Waals surface area contributed by atoms with Gasteiger partial charge in [0.2, 0.25) is 0 Å². The average molecular weight is 265 g/mol. The highest BCUT2D eigenvalue weighted by Gasteiger charge is 2.44. The van der Waals surface area contributed by atoms with Crippen LogP contribution in [-0.2, 0) is 9.53 Å². The van der Waals surface area contributed by atoms with Crippen LogP contribution in [0.4, 0.5) is 0 Å². The summed E-state index contributed by atoms with van der Waals surface area (Å²) in [5.41, 5.74) is 4.27. The molecule has 1 aliphatic heterocycles. The highest BCUT2D eigenvalue weighted by Crippen LogP contribution is 2.55. The first-order valence-corrected chi connectivity index (χ1v) is 6.84. The lowest BCUT2D eigenvalue weighted by Gasteiger charge is -2.41. The van der Waals surface area contributed by atoms with Crippen molar-refractivity contribution in [3.05, 3.63) is 33.1 Å². The van der Waals surface area contributed by atoms with Crippen molar-refractivity contribution in [2.24, 2.45) is 5.41 Å². The van der Waals surface area contributed by atoms with Crippen molar-refractivity contribution in [2.45, 2.75) is 46.5 Å². The number of hydrogen-bond donors (Lipinski definition) is 0. The molecule has 18 heavy (non-hydrogen) atoms. The second kappa shape index (κ2) is 3.74. The quantitative estimate of drug-likeness (QED) is 0.612. The van der Waals surface area contributed by atoms with Gasteiger partial charge in [-0.3, -0.25) is 0 Å². The highest BCUT2D eigenvalue weighted by atomic mass is 35.5. The summed E-state index contributed by atoms with van der Waals surface area (Å²) in [6.07, 6.45) is 4.01. The maximum absolute atomic E-state index is 11.7. The minimum atomic E-state index is -0.189. The summed E-state index contributed by atoms with van der Waals surface area (Å²) in [6.45, 7) is 6.17. The zero-order valence-corrected chi connectivity index (χ0v) is 11.8. The van der Waals surface area contributed by atoms with Gasteiger partial charge in [0.25, 0.3) is 0 Å². The van der Waals surface area contributed by atoms with Gasteiger partial charge in [-0.25, -0.2) is 4.79 Å². The molecule has 0 saturated heterocycles. The summed E-state index contributed by atoms with van der Waals surface area (Å²) >= 11 is 6.30. The van der Waals surface area contributed by atoms with Crippen LogP contribution < -0.4 is 0 Å². The van der Waals surface area contributed by atoms with Crippen molar-refractivity contribution in [3.8, 4) is 0 Å². The van der Waals surface area contributed by atoms with Crippen molar-refractivity contribution in [1.29, 1.82) is 0 Å². The molecular formula is C15H17ClO2. The zero-order valence-electron chi connectivity index (χ0n) is 11.0. The Morgan fingerprint density at radius 3 is 2.56 bits per heavy atom. The molecule has 0 aromatic rings. The Hall–Kier alpha value is -1.02. The van der Waals surface area contributed by atoms with Crippen molar-refractivity contribution in [3.63, 3.8) is 0 Å². The van der Waals surface area contributed by atoms with E-state index in [1.54, 1.807) is 0 Å². The van der Waals surface area contributed by atoms with Crippen LogP contribution in [0.25, 0.3) is 0 Å². The molecule has 3 aliphatic rings. The molecule has 1 heterocycles. The summed E-state index contributed by atoms with van der Waals surface area (Å²) in [6, 6.07) is 0. The molecular weight excluding hydrogens is 248 g/mol. The third-order valence-corrected chi connectivity index (χ3v) is 5.14. The van der Waals surface area contributed by atoms with Gasteiger partial charge in [-0.15, -0.1) is 0 Å². The van der Waals surface area contributed by atoms with Crippen LogP contribution in [0.5, 0.6) is 0 Å². The summed E-state index contributed by atoms with van der Waals surface area (Å²) in [5.74, 6) is 0.618. The largest absolute Gasteiger partial charge is 0.423 e. The Bertz CT molecular complexity index is 551. The topological polar surface area (TPSA) is 26.3 Å². The first kappa shape index (κ1) is 12.0. The van der Waals surface area contributed by atoms with Crippen molar-refractivity contribution in [2.75, 3.05) is 0 Å². The van der Waals surface area contributed by atoms with Crippen LogP contribution in [0.15, 0.2) is 33.1 Å². The van der Waals surface area contributed by atoms with Crippen molar-refractivity contribution >= 4 is 17.6 Å². The van der Waals surface area contributed by atoms with E-state index in [9.17, 15) is 4.79 Å². The molecule has 1 atom stereocenters. The highest BCUT2D eigenvalue weighted by molar-refractivity contribution is 6.30. The molecule has 0 aromatic heterocycles. The average Bonchev–Trinajstić information content (AvgIpc) is 2.60. The molecule has 2 aliphatic carbocycles. The molecule has 96 valence electrons. The van der Waals surface area contributed by atoms with E-state index in [2.05, 4.69) is 6.92 Å². The number of esters is 1. The molecule has 0 aromatic carbocycles. The number of rotatable bonds is 0. The molecule has 0 radical (unpaired) electrons. The van der Waals surface area contributed by atoms with E-state index in [4.69, 9.17) is 16.3 Å². The SMILES string of the molecule is CC1=C(Cl)CCC2(C)CCC3=C(C)C(=O)OC3=C12. The third-order valence-electron chi connectivity index (χ3n) is 4.66. The van der Waals surface area contributed by atoms with Crippen LogP contribution in [-0.4, -0.2) is 5.97 Å². The van der Waals surface area contributed by atoms with E-state index in [0.29, 0.717) is 0 Å². The number of allylic oxidation sites excluding steroid dienone is 4. The monoisotopic (exact) mass is 264 g/mol. The third kappa shape index (κ3) is 1.45. The summed E-state index contributed by atoms with van der Waals surface area (Å²) in [5, 5.41) is 0.914. The van der Waals surface area contributed by atoms with Crippen molar-refractivity contribution < 1.29 is 9.53 Å². The van der Waals surface area contributed by atoms with E-state index >= 15 is 0 Å². The second-order valence-electron chi connectivity index (χ2n) is 5.79. The molecule has 0 saturated carbocycles. The summed E-state index contributed by atoms with van der Waals surface area (Å²) < 4.78 is 5.50. The van der Waals surface area contributed by atoms with E-state index in [0.717, 1.165) is 53.2 Å². The molecule has 1 unspecified atom stereocenters. The lowest BCUT2D eigenvalue weighted by molar-refractivity contribution is -0.133. The van der Waals surface area contributed by atoms with E-state index < -0.39 is 0 Å². The first-order chi connectivity index (χ1) is 8.44. The minimum absolute atomic E-state index is 0.117. The van der Waals surface area contributed by atoms with Crippen molar-refractivity contribution in [1.82, 2.24) is 0 Å². The number of hydrogen-bond acceptors (Lipinski definition) is 2. The minimum Gasteiger partial charge on any atom is -0.423 e. The van der Waals surface area contributed by atoms with E-state index in [-0.39, 0.29) is 11.4 Å². The predicted molar refractivity (Wildman–Crippen MR) is 70.9 cm³/mol. The maximum atomic E-state index is 11.7. The smallest absolute Gasteiger partial charge is 0.339 e. The second-order valence-corrected chi connectivity index (χ2v) is 6.24. The Morgan fingerprint density at radius 1 is 1.17 bits per heavy atom. The van der Waals surface area contributed by atoms with Gasteiger partial charge < -0.3 is 4.74 Å². The lowest BCUT2D eigenvalue weighted by Crippen LogP contribution is -2.29. The lowest BCUT2D eigenvalue weighted by atomic mass is 9.64. The number of halogens is 1. The molecule has 3 heteroatoms. The molecule has 0 fully saturated rings. The summed E-state index contributed by atoms with van der Waals surface area (Å²) in [4.78, 5) is 11.7. The van der Waals surface area contributed by atoms with Gasteiger partial charge in [0.15, 0.2) is 0 Å². The van der Waals surface area contributed by atoms with Crippen LogP contribution in [0, 0.1) is 5.41 Å². The van der Waals surface area contributed by atoms with Gasteiger partial charge in [-0.05, 0) is 50.5 Å². The molecule has 0 bridgehead atoms. The number of carbonyl (C=O) groups excluding carboxylic acids is 1. The molecule has 0 spiro atoms. The fraction of sp³-hybridized carbons (Fsp3) is 0.533. The van der Waals surface area contributed by atoms with Crippen LogP contribution in [0.1, 0.15) is 46.5 Å². The Balaban J connectivity index is 2.27. The Morgan fingerprint density at radius 2 is 1.83 bits per heavy atom. The summed E-state index contributed by atoms with van der Waals surface area (Å²) in [7, 11) is 0. The number of fused-ring (bicyclic) bond motifs is 2. The Kier molecular flexibility index (Phi) is 2.50. The predicted octanol–water partition coefficient (Wildman–Crippen LogP) is 4.22. The molecule has 3 rings (SSSR count). The van der Waals surface area contributed by atoms with Crippen LogP contribution in [0.2, 0.25) is 0 Å². The standard InChI is InChI=1S/C15H17ClO2/c1-8-10-4-6-15(3)7-5-11(16)9(2)12(15)13(10)18-14(8)17/h4-7H2,1-3H3. The molecule has 0 amide bonds. The molecule has 2 nitrogen and oxygen atoms in total. The van der Waals surface area contributed by atoms with E-state index in [1.807, 2.05) is 13.8 Å². The van der Waals surface area contributed by atoms with Gasteiger partial charge in [-0.1, -0.05) is 18.5 Å². The fourth-order valence-corrected chi connectivity index (χ4v) is 3.60. The van der Waals surface area contributed by atoms with Crippen LogP contribution >= 0.6 is 11.6 Å². The maximum Gasteiger partial charge on any atom is 0.339 e. The number of carbonyl (C=O) groups is 1. The van der Waals surface area contributed by atoms with Gasteiger partial charge in [0.05, 0.1) is 0 Å². The van der Waals surface area contributed by atoms with Gasteiger partial charge >= 0.3 is 5.97 Å². The van der Waals surface area contributed by atoms with Gasteiger partial charge in [-0.2, -0.15) is 0 Å². The molecule has 0 N–H and O–H groups in total. The number of ether oxygens (including phenoxy) is 1. The van der Waals surface area contributed by atoms with Gasteiger partial charge in [0.1, 0.15) is 5.76 Å². The Labute approximate surface area is 112 Å². The first-order valence-electron chi connectivity index (χ1n) is 6.47. The van der Waals surface area contributed by atoms with Crippen LogP contribution in [0.3, 0.4) is 0 Å². The zero-order chi connectivity index (χ0) is 13.1.